The predicted octanol–water partition coefficient (Wildman–Crippen LogP) is 3.64. The molecule has 0 aliphatic carbocycles. The summed E-state index contributed by atoms with van der Waals surface area (Å²) in [7, 11) is 1.56. The molecule has 0 saturated carbocycles. The van der Waals surface area contributed by atoms with Crippen LogP contribution in [0.5, 0.6) is 11.5 Å². The van der Waals surface area contributed by atoms with E-state index in [0.29, 0.717) is 46.8 Å². The minimum atomic E-state index is -0.407. The van der Waals surface area contributed by atoms with Crippen molar-refractivity contribution in [1.29, 1.82) is 0 Å². The van der Waals surface area contributed by atoms with Crippen LogP contribution in [0, 0.1) is 0 Å². The van der Waals surface area contributed by atoms with Crippen LogP contribution in [0.2, 0.25) is 0 Å². The van der Waals surface area contributed by atoms with Gasteiger partial charge in [-0.2, -0.15) is 4.98 Å². The number of methoxy groups -OCH3 is 1. The van der Waals surface area contributed by atoms with E-state index in [1.165, 1.54) is 9.13 Å². The topological polar surface area (TPSA) is 101 Å². The van der Waals surface area contributed by atoms with Crippen LogP contribution in [0.25, 0.3) is 22.3 Å². The van der Waals surface area contributed by atoms with Crippen molar-refractivity contribution in [2.24, 2.45) is 0 Å². The van der Waals surface area contributed by atoms with Gasteiger partial charge in [0.1, 0.15) is 6.54 Å². The first kappa shape index (κ1) is 22.3. The van der Waals surface area contributed by atoms with E-state index in [1.807, 2.05) is 26.8 Å². The molecule has 0 fully saturated rings. The molecule has 1 unspecified atom stereocenters. The largest absolute Gasteiger partial charge is 0.493 e. The molecule has 0 aliphatic rings. The minimum Gasteiger partial charge on any atom is -0.493 e. The minimum absolute atomic E-state index is 0.0389. The number of nitrogens with zero attached hydrogens (tertiary/aromatic N) is 4. The second-order valence-electron chi connectivity index (χ2n) is 7.63. The molecule has 0 spiro atoms. The van der Waals surface area contributed by atoms with Gasteiger partial charge in [0.05, 0.1) is 24.6 Å². The number of hydrogen-bond acceptors (Lipinski definition) is 7. The van der Waals surface area contributed by atoms with E-state index in [4.69, 9.17) is 14.0 Å². The van der Waals surface area contributed by atoms with Gasteiger partial charge in [0.15, 0.2) is 11.5 Å². The highest BCUT2D eigenvalue weighted by Crippen LogP contribution is 2.31. The maximum absolute atomic E-state index is 13.3. The van der Waals surface area contributed by atoms with E-state index in [-0.39, 0.29) is 24.0 Å². The van der Waals surface area contributed by atoms with Gasteiger partial charge in [0, 0.05) is 11.6 Å². The Morgan fingerprint density at radius 3 is 2.61 bits per heavy atom. The van der Waals surface area contributed by atoms with Crippen LogP contribution in [0.1, 0.15) is 39.1 Å². The highest BCUT2D eigenvalue weighted by Gasteiger charge is 2.19. The van der Waals surface area contributed by atoms with Gasteiger partial charge < -0.3 is 14.0 Å². The lowest BCUT2D eigenvalue weighted by molar-refractivity contribution is 0.311. The molecule has 0 bridgehead atoms. The molecule has 172 valence electrons. The fourth-order valence-electron chi connectivity index (χ4n) is 3.72. The van der Waals surface area contributed by atoms with Gasteiger partial charge in [-0.15, -0.1) is 0 Å². The third-order valence-corrected chi connectivity index (χ3v) is 5.60. The SMILES string of the molecule is CCOc1ccc(-c2noc(Cn3c(=O)n(C(C)CC)c(=O)c4ccccc43)n2)cc1OC. The van der Waals surface area contributed by atoms with Crippen LogP contribution < -0.4 is 20.7 Å². The summed E-state index contributed by atoms with van der Waals surface area (Å²) in [6.45, 7) is 6.24. The van der Waals surface area contributed by atoms with E-state index in [2.05, 4.69) is 10.1 Å². The standard InChI is InChI=1S/C24H26N4O5/c1-5-15(3)28-23(29)17-9-7-8-10-18(17)27(24(28)30)14-21-25-22(26-33-21)16-11-12-19(32-6-2)20(13-16)31-4/h7-13,15H,5-6,14H2,1-4H3. The van der Waals surface area contributed by atoms with Crippen molar-refractivity contribution in [3.8, 4) is 22.9 Å². The Labute approximate surface area is 190 Å². The van der Waals surface area contributed by atoms with E-state index >= 15 is 0 Å². The molecule has 0 N–H and O–H groups in total. The predicted molar refractivity (Wildman–Crippen MR) is 124 cm³/mol. The Hall–Kier alpha value is -3.88. The van der Waals surface area contributed by atoms with Crippen molar-refractivity contribution in [3.05, 3.63) is 69.2 Å². The molecule has 0 aliphatic heterocycles. The summed E-state index contributed by atoms with van der Waals surface area (Å²) in [4.78, 5) is 30.7. The van der Waals surface area contributed by atoms with Gasteiger partial charge in [0.25, 0.3) is 5.56 Å². The third kappa shape index (κ3) is 4.13. The van der Waals surface area contributed by atoms with Crippen molar-refractivity contribution >= 4 is 10.9 Å². The van der Waals surface area contributed by atoms with E-state index in [0.717, 1.165) is 0 Å². The molecule has 2 heterocycles. The van der Waals surface area contributed by atoms with Crippen molar-refractivity contribution in [2.75, 3.05) is 13.7 Å². The fraction of sp³-hybridized carbons (Fsp3) is 0.333. The molecule has 0 amide bonds. The Balaban J connectivity index is 1.75. The fourth-order valence-corrected chi connectivity index (χ4v) is 3.72. The number of fused-ring (bicyclic) bond motifs is 1. The van der Waals surface area contributed by atoms with E-state index in [9.17, 15) is 9.59 Å². The number of hydrogen-bond donors (Lipinski definition) is 0. The first-order chi connectivity index (χ1) is 16.0. The van der Waals surface area contributed by atoms with Gasteiger partial charge in [-0.1, -0.05) is 24.2 Å². The van der Waals surface area contributed by atoms with Gasteiger partial charge >= 0.3 is 5.69 Å². The average molecular weight is 450 g/mol. The maximum atomic E-state index is 13.3. The molecule has 1 atom stereocenters. The second-order valence-corrected chi connectivity index (χ2v) is 7.63. The average Bonchev–Trinajstić information content (AvgIpc) is 3.31. The molecule has 2 aromatic heterocycles. The summed E-state index contributed by atoms with van der Waals surface area (Å²) in [5, 5.41) is 4.53. The highest BCUT2D eigenvalue weighted by molar-refractivity contribution is 5.77. The van der Waals surface area contributed by atoms with Gasteiger partial charge in [-0.3, -0.25) is 13.9 Å². The van der Waals surface area contributed by atoms with Crippen molar-refractivity contribution < 1.29 is 14.0 Å². The number of para-hydroxylation sites is 1. The van der Waals surface area contributed by atoms with Gasteiger partial charge in [-0.25, -0.2) is 4.79 Å². The monoisotopic (exact) mass is 450 g/mol. The van der Waals surface area contributed by atoms with E-state index < -0.39 is 5.69 Å². The Morgan fingerprint density at radius 1 is 1.09 bits per heavy atom. The normalized spacial score (nSPS) is 12.1. The maximum Gasteiger partial charge on any atom is 0.332 e. The third-order valence-electron chi connectivity index (χ3n) is 5.60. The molecule has 2 aromatic carbocycles. The van der Waals surface area contributed by atoms with Crippen molar-refractivity contribution in [3.63, 3.8) is 0 Å². The molecule has 33 heavy (non-hydrogen) atoms. The van der Waals surface area contributed by atoms with Gasteiger partial charge in [0.2, 0.25) is 11.7 Å². The van der Waals surface area contributed by atoms with Crippen LogP contribution in [0.3, 0.4) is 0 Å². The van der Waals surface area contributed by atoms with Gasteiger partial charge in [-0.05, 0) is 50.6 Å². The van der Waals surface area contributed by atoms with Crippen LogP contribution in [0.4, 0.5) is 0 Å². The van der Waals surface area contributed by atoms with Crippen LogP contribution in [-0.2, 0) is 6.54 Å². The molecule has 9 heteroatoms. The Morgan fingerprint density at radius 2 is 1.88 bits per heavy atom. The molecular weight excluding hydrogens is 424 g/mol. The van der Waals surface area contributed by atoms with Crippen molar-refractivity contribution in [1.82, 2.24) is 19.3 Å². The molecule has 4 aromatic rings. The lowest BCUT2D eigenvalue weighted by atomic mass is 10.2. The summed E-state index contributed by atoms with van der Waals surface area (Å²) in [5.41, 5.74) is 0.506. The Bertz CT molecular complexity index is 1400. The first-order valence-corrected chi connectivity index (χ1v) is 10.9. The summed E-state index contributed by atoms with van der Waals surface area (Å²) in [6, 6.07) is 12.2. The summed E-state index contributed by atoms with van der Waals surface area (Å²) in [6.07, 6.45) is 0.651. The van der Waals surface area contributed by atoms with Crippen LogP contribution in [0.15, 0.2) is 56.6 Å². The molecule has 0 radical (unpaired) electrons. The van der Waals surface area contributed by atoms with E-state index in [1.54, 1.807) is 43.5 Å². The molecule has 0 saturated heterocycles. The van der Waals surface area contributed by atoms with Crippen molar-refractivity contribution in [2.45, 2.75) is 39.8 Å². The summed E-state index contributed by atoms with van der Waals surface area (Å²) >= 11 is 0. The summed E-state index contributed by atoms with van der Waals surface area (Å²) < 4.78 is 19.2. The molecule has 4 rings (SSSR count). The zero-order valence-corrected chi connectivity index (χ0v) is 19.1. The zero-order chi connectivity index (χ0) is 23.5. The first-order valence-electron chi connectivity index (χ1n) is 10.9. The summed E-state index contributed by atoms with van der Waals surface area (Å²) in [5.74, 6) is 1.79. The van der Waals surface area contributed by atoms with Crippen LogP contribution in [-0.4, -0.2) is 33.0 Å². The lowest BCUT2D eigenvalue weighted by Gasteiger charge is -2.16. The van der Waals surface area contributed by atoms with Crippen LogP contribution >= 0.6 is 0 Å². The number of ether oxygens (including phenoxy) is 2. The molecule has 9 nitrogen and oxygen atoms in total. The number of benzene rings is 2. The second kappa shape index (κ2) is 9.32. The number of aromatic nitrogens is 4. The quantitative estimate of drug-likeness (QED) is 0.404. The lowest BCUT2D eigenvalue weighted by Crippen LogP contribution is -2.41. The number of rotatable bonds is 8. The Kier molecular flexibility index (Phi) is 6.30. The zero-order valence-electron chi connectivity index (χ0n) is 19.1. The highest BCUT2D eigenvalue weighted by atomic mass is 16.5. The molecular formula is C24H26N4O5. The smallest absolute Gasteiger partial charge is 0.332 e.